The van der Waals surface area contributed by atoms with Gasteiger partial charge in [0, 0.05) is 12.5 Å². The third-order valence-corrected chi connectivity index (χ3v) is 2.85. The summed E-state index contributed by atoms with van der Waals surface area (Å²) in [6.45, 7) is 3.41. The van der Waals surface area contributed by atoms with Crippen LogP contribution in [-0.4, -0.2) is 18.8 Å². The van der Waals surface area contributed by atoms with Crippen molar-refractivity contribution in [1.29, 1.82) is 0 Å². The smallest absolute Gasteiger partial charge is 0.173 e. The quantitative estimate of drug-likeness (QED) is 0.869. The minimum Gasteiger partial charge on any atom is -0.492 e. The lowest BCUT2D eigenvalue weighted by molar-refractivity contribution is 0.269. The van der Waals surface area contributed by atoms with Crippen LogP contribution in [0.3, 0.4) is 0 Å². The standard InChI is InChI=1S/C11H14ClFO2/c1-6-4-8(7(2)5-14)10(13)11(15-3)9(6)12/h4,7,14H,5H2,1-3H3. The zero-order valence-corrected chi connectivity index (χ0v) is 9.73. The molecule has 0 fully saturated rings. The molecule has 1 rings (SSSR count). The van der Waals surface area contributed by atoms with Crippen molar-refractivity contribution >= 4 is 11.6 Å². The lowest BCUT2D eigenvalue weighted by Gasteiger charge is -2.15. The molecule has 1 aromatic rings. The molecule has 1 unspecified atom stereocenters. The monoisotopic (exact) mass is 232 g/mol. The molecule has 15 heavy (non-hydrogen) atoms. The second kappa shape index (κ2) is 4.81. The molecule has 0 saturated carbocycles. The van der Waals surface area contributed by atoms with Crippen LogP contribution in [0.4, 0.5) is 4.39 Å². The average Bonchev–Trinajstić information content (AvgIpc) is 2.23. The zero-order valence-electron chi connectivity index (χ0n) is 8.97. The van der Waals surface area contributed by atoms with Crippen LogP contribution in [0.15, 0.2) is 6.07 Å². The van der Waals surface area contributed by atoms with Gasteiger partial charge in [-0.25, -0.2) is 4.39 Å². The van der Waals surface area contributed by atoms with E-state index in [1.165, 1.54) is 7.11 Å². The van der Waals surface area contributed by atoms with Crippen molar-refractivity contribution in [2.24, 2.45) is 0 Å². The van der Waals surface area contributed by atoms with Crippen LogP contribution in [-0.2, 0) is 0 Å². The van der Waals surface area contributed by atoms with E-state index in [2.05, 4.69) is 0 Å². The van der Waals surface area contributed by atoms with Crippen LogP contribution in [0.5, 0.6) is 5.75 Å². The predicted octanol–water partition coefficient (Wildman–Crippen LogP) is 2.89. The van der Waals surface area contributed by atoms with Gasteiger partial charge in [-0.2, -0.15) is 0 Å². The lowest BCUT2D eigenvalue weighted by Crippen LogP contribution is -2.05. The molecule has 84 valence electrons. The average molecular weight is 233 g/mol. The second-order valence-electron chi connectivity index (χ2n) is 3.53. The summed E-state index contributed by atoms with van der Waals surface area (Å²) in [5, 5.41) is 9.28. The molecule has 0 radical (unpaired) electrons. The van der Waals surface area contributed by atoms with Gasteiger partial charge in [0.2, 0.25) is 0 Å². The maximum absolute atomic E-state index is 13.8. The molecule has 1 aromatic carbocycles. The van der Waals surface area contributed by atoms with Crippen molar-refractivity contribution < 1.29 is 14.2 Å². The van der Waals surface area contributed by atoms with E-state index in [0.29, 0.717) is 5.56 Å². The van der Waals surface area contributed by atoms with Gasteiger partial charge in [-0.1, -0.05) is 24.6 Å². The Morgan fingerprint density at radius 1 is 1.60 bits per heavy atom. The lowest BCUT2D eigenvalue weighted by atomic mass is 9.99. The highest BCUT2D eigenvalue weighted by Crippen LogP contribution is 2.35. The molecule has 0 amide bonds. The van der Waals surface area contributed by atoms with Crippen molar-refractivity contribution in [2.45, 2.75) is 19.8 Å². The molecule has 0 heterocycles. The Balaban J connectivity index is 3.36. The van der Waals surface area contributed by atoms with Crippen molar-refractivity contribution in [3.8, 4) is 5.75 Å². The van der Waals surface area contributed by atoms with E-state index < -0.39 is 5.82 Å². The van der Waals surface area contributed by atoms with E-state index in [1.807, 2.05) is 0 Å². The second-order valence-corrected chi connectivity index (χ2v) is 3.91. The Labute approximate surface area is 93.6 Å². The third kappa shape index (κ3) is 2.24. The van der Waals surface area contributed by atoms with Crippen LogP contribution in [0.2, 0.25) is 5.02 Å². The summed E-state index contributed by atoms with van der Waals surface area (Å²) in [6.07, 6.45) is 0. The number of aliphatic hydroxyl groups excluding tert-OH is 1. The van der Waals surface area contributed by atoms with E-state index >= 15 is 0 Å². The number of halogens is 2. The fourth-order valence-electron chi connectivity index (χ4n) is 1.40. The maximum Gasteiger partial charge on any atom is 0.173 e. The Bertz CT molecular complexity index is 366. The topological polar surface area (TPSA) is 29.5 Å². The van der Waals surface area contributed by atoms with Crippen LogP contribution in [0, 0.1) is 12.7 Å². The van der Waals surface area contributed by atoms with Gasteiger partial charge in [0.1, 0.15) is 0 Å². The molecular weight excluding hydrogens is 219 g/mol. The summed E-state index contributed by atoms with van der Waals surface area (Å²) in [6, 6.07) is 1.64. The number of hydrogen-bond donors (Lipinski definition) is 1. The molecule has 0 aliphatic rings. The first-order valence-electron chi connectivity index (χ1n) is 4.66. The first-order valence-corrected chi connectivity index (χ1v) is 5.04. The molecule has 0 spiro atoms. The molecular formula is C11H14ClFO2. The van der Waals surface area contributed by atoms with Crippen LogP contribution < -0.4 is 4.74 Å². The first-order chi connectivity index (χ1) is 7.02. The van der Waals surface area contributed by atoms with Gasteiger partial charge in [0.25, 0.3) is 0 Å². The van der Waals surface area contributed by atoms with Crippen molar-refractivity contribution in [3.05, 3.63) is 28.0 Å². The molecule has 0 aliphatic heterocycles. The van der Waals surface area contributed by atoms with Crippen LogP contribution in [0.25, 0.3) is 0 Å². The summed E-state index contributed by atoms with van der Waals surface area (Å²) in [5.41, 5.74) is 1.17. The SMILES string of the molecule is COc1c(F)c(C(C)CO)cc(C)c1Cl. The molecule has 2 nitrogen and oxygen atoms in total. The van der Waals surface area contributed by atoms with E-state index in [4.69, 9.17) is 21.4 Å². The Kier molecular flexibility index (Phi) is 3.94. The van der Waals surface area contributed by atoms with Gasteiger partial charge in [-0.05, 0) is 18.1 Å². The number of methoxy groups -OCH3 is 1. The highest BCUT2D eigenvalue weighted by molar-refractivity contribution is 6.32. The molecule has 4 heteroatoms. The summed E-state index contributed by atoms with van der Waals surface area (Å²) in [4.78, 5) is 0. The minimum atomic E-state index is -0.491. The van der Waals surface area contributed by atoms with Gasteiger partial charge >= 0.3 is 0 Å². The third-order valence-electron chi connectivity index (χ3n) is 2.38. The number of ether oxygens (including phenoxy) is 1. The fraction of sp³-hybridized carbons (Fsp3) is 0.455. The number of aliphatic hydroxyl groups is 1. The summed E-state index contributed by atoms with van der Waals surface area (Å²) in [7, 11) is 1.37. The summed E-state index contributed by atoms with van der Waals surface area (Å²) >= 11 is 5.89. The molecule has 1 atom stereocenters. The van der Waals surface area contributed by atoms with Gasteiger partial charge < -0.3 is 9.84 Å². The zero-order chi connectivity index (χ0) is 11.6. The predicted molar refractivity (Wildman–Crippen MR) is 58.2 cm³/mol. The highest BCUT2D eigenvalue weighted by atomic mass is 35.5. The van der Waals surface area contributed by atoms with Crippen LogP contribution >= 0.6 is 11.6 Å². The number of rotatable bonds is 3. The molecule has 0 aromatic heterocycles. The first kappa shape index (κ1) is 12.3. The van der Waals surface area contributed by atoms with Gasteiger partial charge in [0.15, 0.2) is 11.6 Å². The fourth-order valence-corrected chi connectivity index (χ4v) is 1.62. The van der Waals surface area contributed by atoms with E-state index in [9.17, 15) is 4.39 Å². The normalized spacial score (nSPS) is 12.7. The van der Waals surface area contributed by atoms with Crippen LogP contribution in [0.1, 0.15) is 24.0 Å². The summed E-state index contributed by atoms with van der Waals surface area (Å²) < 4.78 is 18.7. The number of aryl methyl sites for hydroxylation is 1. The minimum absolute atomic E-state index is 0.0481. The highest BCUT2D eigenvalue weighted by Gasteiger charge is 2.19. The number of benzene rings is 1. The molecule has 0 bridgehead atoms. The Morgan fingerprint density at radius 3 is 2.67 bits per heavy atom. The Morgan fingerprint density at radius 2 is 2.20 bits per heavy atom. The summed E-state index contributed by atoms with van der Waals surface area (Å²) in [5.74, 6) is -0.712. The van der Waals surface area contributed by atoms with E-state index in [-0.39, 0.29) is 23.3 Å². The molecule has 0 aliphatic carbocycles. The van der Waals surface area contributed by atoms with Gasteiger partial charge in [-0.3, -0.25) is 0 Å². The van der Waals surface area contributed by atoms with Crippen molar-refractivity contribution in [3.63, 3.8) is 0 Å². The Hall–Kier alpha value is -0.800. The van der Waals surface area contributed by atoms with Gasteiger partial charge in [-0.15, -0.1) is 0 Å². The van der Waals surface area contributed by atoms with Crippen molar-refractivity contribution in [2.75, 3.05) is 13.7 Å². The maximum atomic E-state index is 13.8. The largest absolute Gasteiger partial charge is 0.492 e. The number of hydrogen-bond acceptors (Lipinski definition) is 2. The van der Waals surface area contributed by atoms with E-state index in [1.54, 1.807) is 19.9 Å². The van der Waals surface area contributed by atoms with Gasteiger partial charge in [0.05, 0.1) is 12.1 Å². The molecule has 0 saturated heterocycles. The van der Waals surface area contributed by atoms with Crippen molar-refractivity contribution in [1.82, 2.24) is 0 Å². The molecule has 1 N–H and O–H groups in total. The van der Waals surface area contributed by atoms with E-state index in [0.717, 1.165) is 5.56 Å².